The summed E-state index contributed by atoms with van der Waals surface area (Å²) in [5.74, 6) is 1.53. The fourth-order valence-corrected chi connectivity index (χ4v) is 5.13. The summed E-state index contributed by atoms with van der Waals surface area (Å²) in [6.07, 6.45) is 12.5. The van der Waals surface area contributed by atoms with E-state index in [-0.39, 0.29) is 24.0 Å². The van der Waals surface area contributed by atoms with E-state index in [9.17, 15) is 9.59 Å². The normalized spacial score (nSPS) is 31.9. The predicted molar refractivity (Wildman–Crippen MR) is 107 cm³/mol. The third-order valence-corrected chi connectivity index (χ3v) is 6.89. The molecule has 1 heterocycles. The molecule has 1 aliphatic heterocycles. The molecule has 2 aliphatic carbocycles. The minimum absolute atomic E-state index is 0.0138. The summed E-state index contributed by atoms with van der Waals surface area (Å²) in [6, 6.07) is -0.369. The standard InChI is InChI=1S/C23H37NO3/c1-16(2)19-10-9-17(3)15-21(19)27-23(26)20-11-12-22(25)24(20)14-13-18-7-5-4-6-8-18/h7,16-17,19-21H,4-6,8-15H2,1-3H3/t17-,19+,20?,21-/m0/s1. The van der Waals surface area contributed by atoms with E-state index in [1.165, 1.54) is 24.8 Å². The monoisotopic (exact) mass is 375 g/mol. The van der Waals surface area contributed by atoms with E-state index in [0.29, 0.717) is 37.1 Å². The molecule has 0 radical (unpaired) electrons. The lowest BCUT2D eigenvalue weighted by Crippen LogP contribution is -2.44. The van der Waals surface area contributed by atoms with Gasteiger partial charge in [-0.05, 0) is 69.1 Å². The minimum Gasteiger partial charge on any atom is -0.461 e. The van der Waals surface area contributed by atoms with E-state index in [0.717, 1.165) is 32.1 Å². The number of esters is 1. The average Bonchev–Trinajstić information content (AvgIpc) is 3.01. The van der Waals surface area contributed by atoms with Gasteiger partial charge < -0.3 is 9.64 Å². The van der Waals surface area contributed by atoms with Crippen LogP contribution in [0.5, 0.6) is 0 Å². The number of allylic oxidation sites excluding steroid dienone is 1. The molecule has 3 rings (SSSR count). The number of nitrogens with zero attached hydrogens (tertiary/aromatic N) is 1. The van der Waals surface area contributed by atoms with Gasteiger partial charge in [-0.25, -0.2) is 4.79 Å². The van der Waals surface area contributed by atoms with Crippen molar-refractivity contribution in [1.29, 1.82) is 0 Å². The summed E-state index contributed by atoms with van der Waals surface area (Å²) in [5, 5.41) is 0. The molecule has 3 aliphatic rings. The van der Waals surface area contributed by atoms with Crippen molar-refractivity contribution < 1.29 is 14.3 Å². The zero-order valence-electron chi connectivity index (χ0n) is 17.4. The first-order valence-corrected chi connectivity index (χ1v) is 11.1. The van der Waals surface area contributed by atoms with E-state index in [2.05, 4.69) is 26.8 Å². The number of ether oxygens (including phenoxy) is 1. The van der Waals surface area contributed by atoms with Gasteiger partial charge in [0.1, 0.15) is 12.1 Å². The van der Waals surface area contributed by atoms with E-state index >= 15 is 0 Å². The highest BCUT2D eigenvalue weighted by molar-refractivity contribution is 5.88. The zero-order valence-corrected chi connectivity index (χ0v) is 17.4. The maximum absolute atomic E-state index is 13.0. The van der Waals surface area contributed by atoms with Crippen molar-refractivity contribution in [2.45, 2.75) is 97.1 Å². The Bertz CT molecular complexity index is 568. The van der Waals surface area contributed by atoms with Crippen LogP contribution in [0.3, 0.4) is 0 Å². The highest BCUT2D eigenvalue weighted by atomic mass is 16.5. The molecule has 27 heavy (non-hydrogen) atoms. The first kappa shape index (κ1) is 20.4. The first-order valence-electron chi connectivity index (χ1n) is 11.1. The smallest absolute Gasteiger partial charge is 0.329 e. The van der Waals surface area contributed by atoms with Gasteiger partial charge in [-0.3, -0.25) is 4.79 Å². The van der Waals surface area contributed by atoms with E-state index in [1.807, 2.05) is 0 Å². The van der Waals surface area contributed by atoms with E-state index in [1.54, 1.807) is 4.90 Å². The summed E-state index contributed by atoms with van der Waals surface area (Å²) in [5.41, 5.74) is 1.45. The fourth-order valence-electron chi connectivity index (χ4n) is 5.13. The van der Waals surface area contributed by atoms with Crippen LogP contribution in [-0.4, -0.2) is 35.5 Å². The Hall–Kier alpha value is -1.32. The van der Waals surface area contributed by atoms with E-state index in [4.69, 9.17) is 4.74 Å². The van der Waals surface area contributed by atoms with Crippen molar-refractivity contribution in [3.63, 3.8) is 0 Å². The molecule has 0 aromatic rings. The highest BCUT2D eigenvalue weighted by Crippen LogP contribution is 2.36. The predicted octanol–water partition coefficient (Wildman–Crippen LogP) is 4.87. The Kier molecular flexibility index (Phi) is 6.99. The second-order valence-corrected chi connectivity index (χ2v) is 9.30. The summed E-state index contributed by atoms with van der Waals surface area (Å²) in [6.45, 7) is 7.37. The van der Waals surface area contributed by atoms with Gasteiger partial charge in [-0.2, -0.15) is 0 Å². The van der Waals surface area contributed by atoms with Crippen LogP contribution in [-0.2, 0) is 14.3 Å². The molecular formula is C23H37NO3. The third kappa shape index (κ3) is 5.14. The first-order chi connectivity index (χ1) is 13.0. The van der Waals surface area contributed by atoms with Crippen LogP contribution < -0.4 is 0 Å². The Morgan fingerprint density at radius 1 is 1.22 bits per heavy atom. The van der Waals surface area contributed by atoms with Gasteiger partial charge in [-0.15, -0.1) is 0 Å². The number of carbonyl (C=O) groups excluding carboxylic acids is 2. The highest BCUT2D eigenvalue weighted by Gasteiger charge is 2.40. The van der Waals surface area contributed by atoms with Crippen LogP contribution in [0, 0.1) is 17.8 Å². The molecule has 4 atom stereocenters. The zero-order chi connectivity index (χ0) is 19.4. The molecule has 1 amide bonds. The quantitative estimate of drug-likeness (QED) is 0.491. The fraction of sp³-hybridized carbons (Fsp3) is 0.826. The SMILES string of the molecule is CC(C)[C@H]1CC[C@H](C)C[C@@H]1OC(=O)C1CCC(=O)N1CCC1=CCCCC1. The Morgan fingerprint density at radius 2 is 2.04 bits per heavy atom. The molecule has 0 spiro atoms. The molecule has 4 heteroatoms. The van der Waals surface area contributed by atoms with Crippen molar-refractivity contribution in [1.82, 2.24) is 4.90 Å². The second kappa shape index (κ2) is 9.25. The molecule has 0 N–H and O–H groups in total. The van der Waals surface area contributed by atoms with Crippen LogP contribution in [0.25, 0.3) is 0 Å². The van der Waals surface area contributed by atoms with Gasteiger partial charge in [0, 0.05) is 13.0 Å². The van der Waals surface area contributed by atoms with Gasteiger partial charge in [-0.1, -0.05) is 38.8 Å². The van der Waals surface area contributed by atoms with Crippen LogP contribution in [0.1, 0.15) is 85.0 Å². The van der Waals surface area contributed by atoms with Crippen LogP contribution in [0.2, 0.25) is 0 Å². The lowest BCUT2D eigenvalue weighted by Gasteiger charge is -2.37. The number of rotatable bonds is 6. The summed E-state index contributed by atoms with van der Waals surface area (Å²) < 4.78 is 6.04. The molecule has 0 aromatic heterocycles. The number of hydrogen-bond donors (Lipinski definition) is 0. The van der Waals surface area contributed by atoms with Gasteiger partial charge >= 0.3 is 5.97 Å². The molecule has 1 unspecified atom stereocenters. The van der Waals surface area contributed by atoms with Crippen LogP contribution >= 0.6 is 0 Å². The Labute approximate surface area is 164 Å². The average molecular weight is 376 g/mol. The minimum atomic E-state index is -0.369. The van der Waals surface area contributed by atoms with Gasteiger partial charge in [0.05, 0.1) is 0 Å². The molecule has 2 fully saturated rings. The largest absolute Gasteiger partial charge is 0.461 e. The van der Waals surface area contributed by atoms with Gasteiger partial charge in [0.2, 0.25) is 5.91 Å². The van der Waals surface area contributed by atoms with Crippen LogP contribution in [0.15, 0.2) is 11.6 Å². The van der Waals surface area contributed by atoms with Crippen molar-refractivity contribution in [2.75, 3.05) is 6.54 Å². The number of carbonyl (C=O) groups is 2. The van der Waals surface area contributed by atoms with Crippen LogP contribution in [0.4, 0.5) is 0 Å². The molecule has 1 saturated carbocycles. The van der Waals surface area contributed by atoms with Crippen molar-refractivity contribution >= 4 is 11.9 Å². The maximum atomic E-state index is 13.0. The maximum Gasteiger partial charge on any atom is 0.329 e. The summed E-state index contributed by atoms with van der Waals surface area (Å²) in [7, 11) is 0. The Balaban J connectivity index is 1.59. The number of likely N-dealkylation sites (tertiary alicyclic amines) is 1. The molecule has 0 aromatic carbocycles. The lowest BCUT2D eigenvalue weighted by molar-refractivity contribution is -0.163. The van der Waals surface area contributed by atoms with Crippen molar-refractivity contribution in [3.8, 4) is 0 Å². The molecule has 0 bridgehead atoms. The molecule has 4 nitrogen and oxygen atoms in total. The van der Waals surface area contributed by atoms with Crippen molar-refractivity contribution in [2.24, 2.45) is 17.8 Å². The molecule has 1 saturated heterocycles. The lowest BCUT2D eigenvalue weighted by atomic mass is 9.75. The summed E-state index contributed by atoms with van der Waals surface area (Å²) >= 11 is 0. The number of amides is 1. The third-order valence-electron chi connectivity index (χ3n) is 6.89. The van der Waals surface area contributed by atoms with E-state index < -0.39 is 0 Å². The topological polar surface area (TPSA) is 46.6 Å². The second-order valence-electron chi connectivity index (χ2n) is 9.30. The van der Waals surface area contributed by atoms with Gasteiger partial charge in [0.25, 0.3) is 0 Å². The van der Waals surface area contributed by atoms with Gasteiger partial charge in [0.15, 0.2) is 0 Å². The number of hydrogen-bond acceptors (Lipinski definition) is 3. The Morgan fingerprint density at radius 3 is 2.74 bits per heavy atom. The molecular weight excluding hydrogens is 338 g/mol. The van der Waals surface area contributed by atoms with Crippen molar-refractivity contribution in [3.05, 3.63) is 11.6 Å². The summed E-state index contributed by atoms with van der Waals surface area (Å²) in [4.78, 5) is 27.1. The molecule has 152 valence electrons.